The van der Waals surface area contributed by atoms with Gasteiger partial charge in [-0.25, -0.2) is 4.98 Å². The van der Waals surface area contributed by atoms with Crippen molar-refractivity contribution >= 4 is 5.82 Å². The second-order valence-electron chi connectivity index (χ2n) is 6.40. The van der Waals surface area contributed by atoms with Crippen LogP contribution in [-0.4, -0.2) is 39.5 Å². The van der Waals surface area contributed by atoms with E-state index in [-0.39, 0.29) is 0 Å². The van der Waals surface area contributed by atoms with E-state index in [1.165, 1.54) is 17.1 Å². The van der Waals surface area contributed by atoms with Gasteiger partial charge in [-0.05, 0) is 12.8 Å². The van der Waals surface area contributed by atoms with Crippen LogP contribution in [0, 0.1) is 0 Å². The lowest BCUT2D eigenvalue weighted by Gasteiger charge is -2.19. The summed E-state index contributed by atoms with van der Waals surface area (Å²) < 4.78 is 4.07. The molecule has 2 heterocycles. The van der Waals surface area contributed by atoms with Crippen molar-refractivity contribution < 1.29 is 0 Å². The first-order valence-corrected chi connectivity index (χ1v) is 7.82. The summed E-state index contributed by atoms with van der Waals surface area (Å²) in [7, 11) is 6.15. The summed E-state index contributed by atoms with van der Waals surface area (Å²) in [6.07, 6.45) is 5.66. The Bertz CT molecular complexity index is 582. The highest BCUT2D eigenvalue weighted by Gasteiger charge is 2.20. The van der Waals surface area contributed by atoms with Gasteiger partial charge in [0.1, 0.15) is 5.82 Å². The van der Waals surface area contributed by atoms with Gasteiger partial charge in [0.15, 0.2) is 0 Å². The Morgan fingerprint density at radius 2 is 2.00 bits per heavy atom. The topological polar surface area (TPSA) is 50.9 Å². The molecule has 122 valence electrons. The minimum absolute atomic E-state index is 0.365. The quantitative estimate of drug-likeness (QED) is 0.850. The molecule has 2 rings (SSSR count). The summed E-state index contributed by atoms with van der Waals surface area (Å²) in [6.45, 7) is 8.32. The number of hydrogen-bond donors (Lipinski definition) is 1. The SMILES string of the molecule is CC(C)c1nn(C)c(N(C)C)c1CN[C@H](C)Cn1ccnc1. The van der Waals surface area contributed by atoms with Crippen molar-refractivity contribution in [3.63, 3.8) is 0 Å². The molecule has 22 heavy (non-hydrogen) atoms. The molecule has 0 saturated heterocycles. The lowest BCUT2D eigenvalue weighted by atomic mass is 10.1. The third-order valence-corrected chi connectivity index (χ3v) is 3.79. The fourth-order valence-corrected chi connectivity index (χ4v) is 2.82. The van der Waals surface area contributed by atoms with Gasteiger partial charge in [-0.15, -0.1) is 0 Å². The average molecular weight is 304 g/mol. The maximum Gasteiger partial charge on any atom is 0.130 e. The largest absolute Gasteiger partial charge is 0.363 e. The predicted molar refractivity (Wildman–Crippen MR) is 90.2 cm³/mol. The van der Waals surface area contributed by atoms with Crippen molar-refractivity contribution in [2.24, 2.45) is 7.05 Å². The van der Waals surface area contributed by atoms with Gasteiger partial charge in [0, 0.05) is 58.2 Å². The fourth-order valence-electron chi connectivity index (χ4n) is 2.82. The fraction of sp³-hybridized carbons (Fsp3) is 0.625. The third kappa shape index (κ3) is 3.68. The summed E-state index contributed by atoms with van der Waals surface area (Å²) in [4.78, 5) is 6.22. The Morgan fingerprint density at radius 1 is 1.27 bits per heavy atom. The molecule has 6 heteroatoms. The minimum Gasteiger partial charge on any atom is -0.363 e. The Morgan fingerprint density at radius 3 is 2.55 bits per heavy atom. The normalized spacial score (nSPS) is 12.9. The van der Waals surface area contributed by atoms with Gasteiger partial charge in [-0.1, -0.05) is 13.8 Å². The number of anilines is 1. The van der Waals surface area contributed by atoms with E-state index in [1.54, 1.807) is 0 Å². The van der Waals surface area contributed by atoms with Crippen LogP contribution in [0.25, 0.3) is 0 Å². The zero-order chi connectivity index (χ0) is 16.3. The molecule has 1 atom stereocenters. The maximum atomic E-state index is 4.70. The van der Waals surface area contributed by atoms with Crippen LogP contribution in [-0.2, 0) is 20.1 Å². The first kappa shape index (κ1) is 16.5. The van der Waals surface area contributed by atoms with Crippen molar-refractivity contribution in [1.82, 2.24) is 24.6 Å². The average Bonchev–Trinajstić information content (AvgIpc) is 3.03. The van der Waals surface area contributed by atoms with Crippen LogP contribution >= 0.6 is 0 Å². The highest BCUT2D eigenvalue weighted by atomic mass is 15.4. The zero-order valence-corrected chi connectivity index (χ0v) is 14.5. The van der Waals surface area contributed by atoms with Crippen LogP contribution in [0.15, 0.2) is 18.7 Å². The van der Waals surface area contributed by atoms with Gasteiger partial charge < -0.3 is 14.8 Å². The minimum atomic E-state index is 0.365. The van der Waals surface area contributed by atoms with Crippen LogP contribution in [0.2, 0.25) is 0 Å². The van der Waals surface area contributed by atoms with Crippen LogP contribution in [0.5, 0.6) is 0 Å². The van der Waals surface area contributed by atoms with Crippen molar-refractivity contribution in [2.45, 2.75) is 45.8 Å². The third-order valence-electron chi connectivity index (χ3n) is 3.79. The predicted octanol–water partition coefficient (Wildman–Crippen LogP) is 1.98. The number of imidazole rings is 1. The highest BCUT2D eigenvalue weighted by Crippen LogP contribution is 2.27. The number of nitrogens with zero attached hydrogens (tertiary/aromatic N) is 5. The Kier molecular flexibility index (Phi) is 5.24. The van der Waals surface area contributed by atoms with Gasteiger partial charge >= 0.3 is 0 Å². The summed E-state index contributed by atoms with van der Waals surface area (Å²) in [5, 5.41) is 8.32. The molecule has 0 amide bonds. The molecule has 1 N–H and O–H groups in total. The summed E-state index contributed by atoms with van der Waals surface area (Å²) in [5.41, 5.74) is 2.47. The second-order valence-corrected chi connectivity index (χ2v) is 6.40. The van der Waals surface area contributed by atoms with Crippen molar-refractivity contribution in [3.8, 4) is 0 Å². The van der Waals surface area contributed by atoms with E-state index < -0.39 is 0 Å². The van der Waals surface area contributed by atoms with E-state index in [1.807, 2.05) is 30.5 Å². The molecule has 0 aliphatic rings. The zero-order valence-electron chi connectivity index (χ0n) is 14.5. The lowest BCUT2D eigenvalue weighted by molar-refractivity contribution is 0.474. The maximum absolute atomic E-state index is 4.70. The van der Waals surface area contributed by atoms with Crippen molar-refractivity contribution in [3.05, 3.63) is 30.0 Å². The monoisotopic (exact) mass is 304 g/mol. The molecule has 2 aromatic rings. The van der Waals surface area contributed by atoms with Gasteiger partial charge in [0.2, 0.25) is 0 Å². The Labute approximate surface area is 133 Å². The standard InChI is InChI=1S/C16H28N6/c1-12(2)15-14(16(20(4)5)21(6)19-15)9-18-13(3)10-22-8-7-17-11-22/h7-8,11-13,18H,9-10H2,1-6H3/t13-/m1/s1. The van der Waals surface area contributed by atoms with Gasteiger partial charge in [0.05, 0.1) is 12.0 Å². The van der Waals surface area contributed by atoms with Gasteiger partial charge in [0.25, 0.3) is 0 Å². The molecule has 6 nitrogen and oxygen atoms in total. The molecule has 2 aromatic heterocycles. The molecule has 0 unspecified atom stereocenters. The van der Waals surface area contributed by atoms with Crippen LogP contribution in [0.3, 0.4) is 0 Å². The highest BCUT2D eigenvalue weighted by molar-refractivity contribution is 5.50. The molecule has 0 fully saturated rings. The first-order valence-electron chi connectivity index (χ1n) is 7.82. The number of aryl methyl sites for hydroxylation is 1. The first-order chi connectivity index (χ1) is 10.4. The van der Waals surface area contributed by atoms with E-state index in [0.717, 1.165) is 13.1 Å². The van der Waals surface area contributed by atoms with E-state index in [2.05, 4.69) is 54.6 Å². The van der Waals surface area contributed by atoms with E-state index in [0.29, 0.717) is 12.0 Å². The summed E-state index contributed by atoms with van der Waals surface area (Å²) in [6, 6.07) is 0.365. The molecule has 0 aliphatic carbocycles. The Balaban J connectivity index is 2.10. The van der Waals surface area contributed by atoms with Crippen molar-refractivity contribution in [2.75, 3.05) is 19.0 Å². The van der Waals surface area contributed by atoms with E-state index >= 15 is 0 Å². The van der Waals surface area contributed by atoms with Gasteiger partial charge in [-0.3, -0.25) is 4.68 Å². The summed E-state index contributed by atoms with van der Waals surface area (Å²) in [5.74, 6) is 1.59. The van der Waals surface area contributed by atoms with Crippen LogP contribution < -0.4 is 10.2 Å². The Hall–Kier alpha value is -1.82. The molecular weight excluding hydrogens is 276 g/mol. The lowest BCUT2D eigenvalue weighted by Crippen LogP contribution is -2.30. The smallest absolute Gasteiger partial charge is 0.130 e. The van der Waals surface area contributed by atoms with E-state index in [9.17, 15) is 0 Å². The molecular formula is C16H28N6. The van der Waals surface area contributed by atoms with Crippen LogP contribution in [0.4, 0.5) is 5.82 Å². The number of nitrogens with one attached hydrogen (secondary N) is 1. The molecule has 0 saturated carbocycles. The molecule has 0 aromatic carbocycles. The summed E-state index contributed by atoms with van der Waals surface area (Å²) >= 11 is 0. The van der Waals surface area contributed by atoms with Crippen molar-refractivity contribution in [1.29, 1.82) is 0 Å². The number of hydrogen-bond acceptors (Lipinski definition) is 4. The van der Waals surface area contributed by atoms with Crippen LogP contribution in [0.1, 0.15) is 37.9 Å². The van der Waals surface area contributed by atoms with Gasteiger partial charge in [-0.2, -0.15) is 5.10 Å². The number of aromatic nitrogens is 4. The molecule has 0 radical (unpaired) electrons. The molecule has 0 bridgehead atoms. The second kappa shape index (κ2) is 6.96. The van der Waals surface area contributed by atoms with E-state index in [4.69, 9.17) is 5.10 Å². The molecule has 0 aliphatic heterocycles. The number of rotatable bonds is 7. The molecule has 0 spiro atoms.